The predicted molar refractivity (Wildman–Crippen MR) is 110 cm³/mol. The van der Waals surface area contributed by atoms with E-state index in [4.69, 9.17) is 4.74 Å². The fourth-order valence-corrected chi connectivity index (χ4v) is 3.53. The van der Waals surface area contributed by atoms with Gasteiger partial charge in [0.25, 0.3) is 5.91 Å². The summed E-state index contributed by atoms with van der Waals surface area (Å²) >= 11 is 0. The van der Waals surface area contributed by atoms with E-state index in [1.165, 1.54) is 14.0 Å². The van der Waals surface area contributed by atoms with Gasteiger partial charge in [0, 0.05) is 11.1 Å². The minimum atomic E-state index is -1.14. The van der Waals surface area contributed by atoms with Gasteiger partial charge in [-0.2, -0.15) is 0 Å². The van der Waals surface area contributed by atoms with Crippen LogP contribution in [0.5, 0.6) is 5.75 Å². The van der Waals surface area contributed by atoms with Gasteiger partial charge in [-0.3, -0.25) is 14.5 Å². The van der Waals surface area contributed by atoms with Crippen LogP contribution < -0.4 is 10.1 Å². The normalized spacial score (nSPS) is 18.9. The summed E-state index contributed by atoms with van der Waals surface area (Å²) in [6.07, 6.45) is 0. The zero-order chi connectivity index (χ0) is 21.3. The number of Topliss-reactive ketones (excluding diaryl/α,β-unsaturated/α-hetero) is 1. The van der Waals surface area contributed by atoms with Crippen LogP contribution in [0.2, 0.25) is 0 Å². The minimum absolute atomic E-state index is 0.0224. The molecule has 0 saturated carbocycles. The molecule has 29 heavy (non-hydrogen) atoms. The SMILES string of the molecule is COc1ccc(C(C)=O)cc1CN1C(=O)N[C@@](C)(c2ccc(C(C)C)cc2)C1=O. The molecule has 0 unspecified atom stereocenters. The topological polar surface area (TPSA) is 75.7 Å². The standard InChI is InChI=1S/C23H26N2O4/c1-14(2)16-6-9-19(10-7-16)23(4)21(27)25(22(28)24-23)13-18-12-17(15(3)26)8-11-20(18)29-5/h6-12,14H,13H2,1-5H3,(H,24,28)/t23-/m0/s1. The van der Waals surface area contributed by atoms with Crippen LogP contribution in [0.25, 0.3) is 0 Å². The molecular weight excluding hydrogens is 368 g/mol. The van der Waals surface area contributed by atoms with Gasteiger partial charge < -0.3 is 10.1 Å². The molecule has 3 rings (SSSR count). The van der Waals surface area contributed by atoms with Gasteiger partial charge in [-0.1, -0.05) is 38.1 Å². The van der Waals surface area contributed by atoms with Gasteiger partial charge in [0.15, 0.2) is 5.78 Å². The second-order valence-electron chi connectivity index (χ2n) is 7.81. The molecule has 6 nitrogen and oxygen atoms in total. The number of ketones is 1. The summed E-state index contributed by atoms with van der Waals surface area (Å²) in [7, 11) is 1.51. The third-order valence-corrected chi connectivity index (χ3v) is 5.45. The molecule has 1 heterocycles. The Kier molecular flexibility index (Phi) is 5.46. The Morgan fingerprint density at radius 2 is 1.79 bits per heavy atom. The van der Waals surface area contributed by atoms with Crippen molar-refractivity contribution in [3.8, 4) is 5.75 Å². The first-order chi connectivity index (χ1) is 13.7. The van der Waals surface area contributed by atoms with E-state index in [0.717, 1.165) is 16.0 Å². The van der Waals surface area contributed by atoms with Crippen molar-refractivity contribution >= 4 is 17.7 Å². The van der Waals surface area contributed by atoms with Crippen molar-refractivity contribution < 1.29 is 19.1 Å². The quantitative estimate of drug-likeness (QED) is 0.594. The Morgan fingerprint density at radius 1 is 1.14 bits per heavy atom. The monoisotopic (exact) mass is 394 g/mol. The number of carbonyl (C=O) groups is 3. The van der Waals surface area contributed by atoms with Crippen molar-refractivity contribution in [2.24, 2.45) is 0 Å². The lowest BCUT2D eigenvalue weighted by atomic mass is 9.90. The Labute approximate surface area is 170 Å². The minimum Gasteiger partial charge on any atom is -0.496 e. The highest BCUT2D eigenvalue weighted by molar-refractivity contribution is 6.07. The second-order valence-corrected chi connectivity index (χ2v) is 7.81. The van der Waals surface area contributed by atoms with E-state index in [-0.39, 0.29) is 18.2 Å². The number of urea groups is 1. The first-order valence-electron chi connectivity index (χ1n) is 9.59. The highest BCUT2D eigenvalue weighted by Gasteiger charge is 2.49. The highest BCUT2D eigenvalue weighted by atomic mass is 16.5. The molecule has 152 valence electrons. The number of benzene rings is 2. The lowest BCUT2D eigenvalue weighted by Gasteiger charge is -2.23. The molecule has 1 aliphatic heterocycles. The number of methoxy groups -OCH3 is 1. The molecule has 0 radical (unpaired) electrons. The molecule has 1 N–H and O–H groups in total. The number of carbonyl (C=O) groups excluding carboxylic acids is 3. The maximum Gasteiger partial charge on any atom is 0.325 e. The Morgan fingerprint density at radius 3 is 2.34 bits per heavy atom. The van der Waals surface area contributed by atoms with Gasteiger partial charge in [-0.25, -0.2) is 4.79 Å². The summed E-state index contributed by atoms with van der Waals surface area (Å²) in [5, 5.41) is 2.82. The summed E-state index contributed by atoms with van der Waals surface area (Å²) in [5.74, 6) is 0.463. The zero-order valence-corrected chi connectivity index (χ0v) is 17.4. The number of nitrogens with zero attached hydrogens (tertiary/aromatic N) is 1. The van der Waals surface area contributed by atoms with Crippen LogP contribution in [0, 0.1) is 0 Å². The van der Waals surface area contributed by atoms with Gasteiger partial charge in [-0.15, -0.1) is 0 Å². The van der Waals surface area contributed by atoms with Crippen LogP contribution in [-0.2, 0) is 16.9 Å². The molecule has 0 bridgehead atoms. The zero-order valence-electron chi connectivity index (χ0n) is 17.4. The van der Waals surface area contributed by atoms with Gasteiger partial charge in [0.2, 0.25) is 0 Å². The fourth-order valence-electron chi connectivity index (χ4n) is 3.53. The molecular formula is C23H26N2O4. The third kappa shape index (κ3) is 3.75. The maximum atomic E-state index is 13.2. The van der Waals surface area contributed by atoms with E-state index >= 15 is 0 Å². The van der Waals surface area contributed by atoms with Crippen LogP contribution in [0.4, 0.5) is 4.79 Å². The van der Waals surface area contributed by atoms with Crippen molar-refractivity contribution in [1.29, 1.82) is 0 Å². The Hall–Kier alpha value is -3.15. The molecule has 1 saturated heterocycles. The average molecular weight is 394 g/mol. The van der Waals surface area contributed by atoms with E-state index < -0.39 is 11.6 Å². The lowest BCUT2D eigenvalue weighted by Crippen LogP contribution is -2.40. The molecule has 2 aromatic rings. The van der Waals surface area contributed by atoms with Gasteiger partial charge in [0.1, 0.15) is 11.3 Å². The Balaban J connectivity index is 1.91. The van der Waals surface area contributed by atoms with E-state index in [1.54, 1.807) is 25.1 Å². The maximum absolute atomic E-state index is 13.2. The van der Waals surface area contributed by atoms with Gasteiger partial charge in [0.05, 0.1) is 13.7 Å². The summed E-state index contributed by atoms with van der Waals surface area (Å²) in [4.78, 5) is 38.8. The van der Waals surface area contributed by atoms with Crippen LogP contribution in [0.3, 0.4) is 0 Å². The largest absolute Gasteiger partial charge is 0.496 e. The van der Waals surface area contributed by atoms with E-state index in [2.05, 4.69) is 19.2 Å². The molecule has 0 spiro atoms. The first kappa shape index (κ1) is 20.6. The number of nitrogens with one attached hydrogen (secondary N) is 1. The smallest absolute Gasteiger partial charge is 0.325 e. The first-order valence-corrected chi connectivity index (χ1v) is 9.59. The van der Waals surface area contributed by atoms with Crippen molar-refractivity contribution in [1.82, 2.24) is 10.2 Å². The van der Waals surface area contributed by atoms with Gasteiger partial charge in [-0.05, 0) is 49.1 Å². The summed E-state index contributed by atoms with van der Waals surface area (Å²) in [5.41, 5.74) is 1.85. The van der Waals surface area contributed by atoms with Crippen LogP contribution in [0.1, 0.15) is 60.7 Å². The number of amides is 3. The number of rotatable bonds is 6. The molecule has 0 aliphatic carbocycles. The van der Waals surface area contributed by atoms with Crippen molar-refractivity contribution in [3.05, 3.63) is 64.7 Å². The van der Waals surface area contributed by atoms with Gasteiger partial charge >= 0.3 is 6.03 Å². The number of hydrogen-bond donors (Lipinski definition) is 1. The lowest BCUT2D eigenvalue weighted by molar-refractivity contribution is -0.131. The molecule has 1 aliphatic rings. The van der Waals surface area contributed by atoms with Crippen LogP contribution >= 0.6 is 0 Å². The number of ether oxygens (including phenoxy) is 1. The van der Waals surface area contributed by atoms with Crippen LogP contribution in [0.15, 0.2) is 42.5 Å². The third-order valence-electron chi connectivity index (χ3n) is 5.45. The van der Waals surface area contributed by atoms with E-state index in [0.29, 0.717) is 22.8 Å². The summed E-state index contributed by atoms with van der Waals surface area (Å²) < 4.78 is 5.35. The summed E-state index contributed by atoms with van der Waals surface area (Å²) in [6, 6.07) is 12.3. The second kappa shape index (κ2) is 7.70. The van der Waals surface area contributed by atoms with E-state index in [9.17, 15) is 14.4 Å². The highest BCUT2D eigenvalue weighted by Crippen LogP contribution is 2.32. The molecule has 1 atom stereocenters. The van der Waals surface area contributed by atoms with Crippen molar-refractivity contribution in [2.45, 2.75) is 45.7 Å². The Bertz CT molecular complexity index is 965. The molecule has 3 amide bonds. The van der Waals surface area contributed by atoms with Crippen LogP contribution in [-0.4, -0.2) is 29.7 Å². The number of hydrogen-bond acceptors (Lipinski definition) is 4. The predicted octanol–water partition coefficient (Wildman–Crippen LogP) is 3.99. The summed E-state index contributed by atoms with van der Waals surface area (Å²) in [6.45, 7) is 7.40. The number of imide groups is 1. The van der Waals surface area contributed by atoms with E-state index in [1.807, 2.05) is 24.3 Å². The molecule has 1 fully saturated rings. The van der Waals surface area contributed by atoms with Crippen molar-refractivity contribution in [2.75, 3.05) is 7.11 Å². The molecule has 6 heteroatoms. The van der Waals surface area contributed by atoms with Crippen molar-refractivity contribution in [3.63, 3.8) is 0 Å². The molecule has 0 aromatic heterocycles. The molecule has 2 aromatic carbocycles. The average Bonchev–Trinajstić information content (AvgIpc) is 2.92. The fraction of sp³-hybridized carbons (Fsp3) is 0.348.